The summed E-state index contributed by atoms with van der Waals surface area (Å²) in [7, 11) is 1.43. The number of phenols is 1. The van der Waals surface area contributed by atoms with E-state index in [1.54, 1.807) is 19.1 Å². The highest BCUT2D eigenvalue weighted by Gasteiger charge is 2.23. The monoisotopic (exact) mass is 364 g/mol. The lowest BCUT2D eigenvalue weighted by Crippen LogP contribution is -2.35. The normalized spacial score (nSPS) is 29.8. The molecule has 4 N–H and O–H groups in total. The summed E-state index contributed by atoms with van der Waals surface area (Å²) >= 11 is 0. The first-order valence-electron chi connectivity index (χ1n) is 8.32. The van der Waals surface area contributed by atoms with Gasteiger partial charge in [-0.15, -0.1) is 0 Å². The van der Waals surface area contributed by atoms with Crippen molar-refractivity contribution in [2.75, 3.05) is 7.11 Å². The number of phenolic OH excluding ortho intramolecular Hbond substituents is 1. The Morgan fingerprint density at radius 3 is 2.58 bits per heavy atom. The van der Waals surface area contributed by atoms with Gasteiger partial charge in [-0.25, -0.2) is 4.79 Å². The number of methoxy groups -OCH3 is 1. The Balaban J connectivity index is 2.44. The molecular formula is C19H24O7. The molecule has 0 aromatic heterocycles. The van der Waals surface area contributed by atoms with Gasteiger partial charge in [-0.05, 0) is 25.0 Å². The number of hydrogen-bond acceptors (Lipinski definition) is 7. The number of esters is 1. The van der Waals surface area contributed by atoms with Crippen molar-refractivity contribution < 1.29 is 34.7 Å². The molecule has 0 radical (unpaired) electrons. The maximum absolute atomic E-state index is 12.5. The molecule has 2 rings (SSSR count). The largest absolute Gasteiger partial charge is 0.507 e. The number of carbonyl (C=O) groups is 1. The van der Waals surface area contributed by atoms with Crippen LogP contribution in [0.2, 0.25) is 0 Å². The number of ether oxygens (including phenoxy) is 2. The molecule has 7 heteroatoms. The summed E-state index contributed by atoms with van der Waals surface area (Å²) in [6.45, 7) is 1.67. The van der Waals surface area contributed by atoms with Crippen LogP contribution in [0.3, 0.4) is 0 Å². The Kier molecular flexibility index (Phi) is 6.79. The average Bonchev–Trinajstić information content (AvgIpc) is 2.59. The number of rotatable bonds is 1. The lowest BCUT2D eigenvalue weighted by molar-refractivity contribution is -0.0394. The number of aliphatic hydroxyl groups is 3. The highest BCUT2D eigenvalue weighted by Crippen LogP contribution is 2.30. The molecule has 0 amide bonds. The van der Waals surface area contributed by atoms with E-state index in [4.69, 9.17) is 9.47 Å². The van der Waals surface area contributed by atoms with Crippen LogP contribution in [0.15, 0.2) is 30.4 Å². The van der Waals surface area contributed by atoms with Crippen molar-refractivity contribution in [3.63, 3.8) is 0 Å². The molecule has 1 aliphatic heterocycles. The van der Waals surface area contributed by atoms with E-state index in [0.29, 0.717) is 17.7 Å². The lowest BCUT2D eigenvalue weighted by Gasteiger charge is -2.20. The molecule has 0 aliphatic carbocycles. The molecule has 26 heavy (non-hydrogen) atoms. The predicted molar refractivity (Wildman–Crippen MR) is 95.0 cm³/mol. The summed E-state index contributed by atoms with van der Waals surface area (Å²) in [4.78, 5) is 12.5. The molecule has 0 unspecified atom stereocenters. The van der Waals surface area contributed by atoms with E-state index >= 15 is 0 Å². The average molecular weight is 364 g/mol. The second-order valence-corrected chi connectivity index (χ2v) is 6.18. The molecule has 142 valence electrons. The van der Waals surface area contributed by atoms with E-state index in [1.807, 2.05) is 0 Å². The number of cyclic esters (lactones) is 1. The Bertz CT molecular complexity index is 695. The zero-order chi connectivity index (χ0) is 19.3. The van der Waals surface area contributed by atoms with Crippen molar-refractivity contribution in [1.29, 1.82) is 0 Å². The molecule has 1 heterocycles. The van der Waals surface area contributed by atoms with Crippen LogP contribution in [0.5, 0.6) is 11.5 Å². The van der Waals surface area contributed by atoms with Crippen LogP contribution in [-0.2, 0) is 4.74 Å². The summed E-state index contributed by atoms with van der Waals surface area (Å²) in [5.41, 5.74) is 0.346. The lowest BCUT2D eigenvalue weighted by atomic mass is 10.0. The van der Waals surface area contributed by atoms with Crippen molar-refractivity contribution >= 4 is 12.0 Å². The highest BCUT2D eigenvalue weighted by atomic mass is 16.5. The van der Waals surface area contributed by atoms with E-state index in [9.17, 15) is 25.2 Å². The molecule has 1 aromatic rings. The van der Waals surface area contributed by atoms with Crippen LogP contribution >= 0.6 is 0 Å². The van der Waals surface area contributed by atoms with Crippen molar-refractivity contribution in [2.24, 2.45) is 0 Å². The molecule has 0 fully saturated rings. The number of aromatic hydroxyl groups is 1. The van der Waals surface area contributed by atoms with Crippen LogP contribution in [0, 0.1) is 0 Å². The zero-order valence-corrected chi connectivity index (χ0v) is 14.7. The molecule has 0 saturated heterocycles. The van der Waals surface area contributed by atoms with E-state index in [1.165, 1.54) is 31.4 Å². The van der Waals surface area contributed by atoms with Crippen molar-refractivity contribution in [2.45, 2.75) is 44.2 Å². The van der Waals surface area contributed by atoms with Gasteiger partial charge in [0.1, 0.15) is 35.4 Å². The summed E-state index contributed by atoms with van der Waals surface area (Å²) in [5, 5.41) is 40.0. The van der Waals surface area contributed by atoms with Gasteiger partial charge in [0.25, 0.3) is 0 Å². The third kappa shape index (κ3) is 4.85. The van der Waals surface area contributed by atoms with Crippen LogP contribution in [0.1, 0.15) is 35.7 Å². The third-order valence-electron chi connectivity index (χ3n) is 4.09. The Hall–Kier alpha value is -2.35. The van der Waals surface area contributed by atoms with Crippen molar-refractivity contribution in [3.05, 3.63) is 41.5 Å². The maximum atomic E-state index is 12.5. The Labute approximate surface area is 151 Å². The number of benzene rings is 1. The van der Waals surface area contributed by atoms with Gasteiger partial charge in [0.2, 0.25) is 0 Å². The fourth-order valence-electron chi connectivity index (χ4n) is 2.61. The van der Waals surface area contributed by atoms with Crippen molar-refractivity contribution in [1.82, 2.24) is 0 Å². The van der Waals surface area contributed by atoms with E-state index in [2.05, 4.69) is 0 Å². The number of fused-ring (bicyclic) bond motifs is 1. The maximum Gasteiger partial charge on any atom is 0.342 e. The fourth-order valence-corrected chi connectivity index (χ4v) is 2.61. The minimum Gasteiger partial charge on any atom is -0.507 e. The van der Waals surface area contributed by atoms with E-state index in [0.717, 1.165) is 0 Å². The fraction of sp³-hybridized carbons (Fsp3) is 0.421. The number of hydrogen-bond donors (Lipinski definition) is 4. The SMILES string of the molecule is COc1cc(O)c2c(c1)/C=C/C[C@H](O)[C@H](O)[C@H](O)/C=C\C[C@H](C)OC2=O. The zero-order valence-electron chi connectivity index (χ0n) is 14.7. The summed E-state index contributed by atoms with van der Waals surface area (Å²) in [5.74, 6) is -0.615. The first kappa shape index (κ1) is 20.0. The first-order valence-corrected chi connectivity index (χ1v) is 8.32. The second-order valence-electron chi connectivity index (χ2n) is 6.18. The molecule has 0 bridgehead atoms. The molecule has 0 saturated carbocycles. The number of carbonyl (C=O) groups excluding carboxylic acids is 1. The Morgan fingerprint density at radius 2 is 1.88 bits per heavy atom. The first-order chi connectivity index (χ1) is 12.3. The molecule has 0 spiro atoms. The molecular weight excluding hydrogens is 340 g/mol. The van der Waals surface area contributed by atoms with E-state index in [-0.39, 0.29) is 17.7 Å². The summed E-state index contributed by atoms with van der Waals surface area (Å²) in [6.07, 6.45) is 2.00. The van der Waals surface area contributed by atoms with E-state index < -0.39 is 30.4 Å². The van der Waals surface area contributed by atoms with Gasteiger partial charge in [-0.3, -0.25) is 0 Å². The quantitative estimate of drug-likeness (QED) is 0.439. The molecule has 4 atom stereocenters. The van der Waals surface area contributed by atoms with Crippen LogP contribution < -0.4 is 4.74 Å². The molecule has 1 aliphatic rings. The van der Waals surface area contributed by atoms with Gasteiger partial charge in [0, 0.05) is 12.5 Å². The smallest absolute Gasteiger partial charge is 0.342 e. The minimum absolute atomic E-state index is 0.00925. The summed E-state index contributed by atoms with van der Waals surface area (Å²) in [6, 6.07) is 2.87. The van der Waals surface area contributed by atoms with Gasteiger partial charge >= 0.3 is 5.97 Å². The van der Waals surface area contributed by atoms with Crippen LogP contribution in [-0.4, -0.2) is 57.9 Å². The van der Waals surface area contributed by atoms with Gasteiger partial charge < -0.3 is 29.9 Å². The van der Waals surface area contributed by atoms with Gasteiger partial charge in [-0.2, -0.15) is 0 Å². The predicted octanol–water partition coefficient (Wildman–Crippen LogP) is 1.39. The molecule has 1 aromatic carbocycles. The highest BCUT2D eigenvalue weighted by molar-refractivity contribution is 5.97. The Morgan fingerprint density at radius 1 is 1.15 bits per heavy atom. The van der Waals surface area contributed by atoms with Crippen LogP contribution in [0.25, 0.3) is 6.08 Å². The molecule has 7 nitrogen and oxygen atoms in total. The topological polar surface area (TPSA) is 116 Å². The van der Waals surface area contributed by atoms with Crippen molar-refractivity contribution in [3.8, 4) is 11.5 Å². The second kappa shape index (κ2) is 8.84. The van der Waals surface area contributed by atoms with Gasteiger partial charge in [-0.1, -0.05) is 24.3 Å². The van der Waals surface area contributed by atoms with Gasteiger partial charge in [0.15, 0.2) is 0 Å². The summed E-state index contributed by atoms with van der Waals surface area (Å²) < 4.78 is 10.4. The third-order valence-corrected chi connectivity index (χ3v) is 4.09. The number of aliphatic hydroxyl groups excluding tert-OH is 3. The standard InChI is InChI=1S/C19H24O7/c1-11-5-3-7-14(20)18(23)15(21)8-4-6-12-9-13(25-2)10-16(22)17(12)19(24)26-11/h3-4,6-7,9-11,14-15,18,20-23H,5,8H2,1-2H3/b6-4+,7-3-/t11-,14+,15-,18+/m0/s1. The van der Waals surface area contributed by atoms with Crippen LogP contribution in [0.4, 0.5) is 0 Å². The minimum atomic E-state index is -1.35. The van der Waals surface area contributed by atoms with Gasteiger partial charge in [0.05, 0.1) is 13.2 Å².